The van der Waals surface area contributed by atoms with Crippen molar-refractivity contribution in [3.63, 3.8) is 0 Å². The van der Waals surface area contributed by atoms with Gasteiger partial charge < -0.3 is 9.80 Å². The van der Waals surface area contributed by atoms with Crippen LogP contribution in [0.25, 0.3) is 10.2 Å². The normalized spacial score (nSPS) is 18.4. The fourth-order valence-electron chi connectivity index (χ4n) is 4.94. The number of aromatic nitrogens is 2. The van der Waals surface area contributed by atoms with E-state index in [1.165, 1.54) is 53.6 Å². The SMILES string of the molecule is O=C(c1ccc([N+](=O)[O-])cc1)N1CCN(c2nc(C3CC3)nc3sc4c(c23)CCCC4)CC1. The molecule has 2 fully saturated rings. The average molecular weight is 464 g/mol. The van der Waals surface area contributed by atoms with E-state index >= 15 is 0 Å². The maximum atomic E-state index is 13.0. The van der Waals surface area contributed by atoms with E-state index in [9.17, 15) is 14.9 Å². The van der Waals surface area contributed by atoms with E-state index in [4.69, 9.17) is 9.97 Å². The van der Waals surface area contributed by atoms with Crippen LogP contribution in [0.3, 0.4) is 0 Å². The van der Waals surface area contributed by atoms with E-state index in [2.05, 4.69) is 4.90 Å². The van der Waals surface area contributed by atoms with Crippen LogP contribution in [0.4, 0.5) is 11.5 Å². The van der Waals surface area contributed by atoms with Crippen LogP contribution in [0.5, 0.6) is 0 Å². The molecule has 0 atom stereocenters. The van der Waals surface area contributed by atoms with E-state index < -0.39 is 4.92 Å². The Morgan fingerprint density at radius 2 is 1.76 bits per heavy atom. The first-order chi connectivity index (χ1) is 16.1. The Balaban J connectivity index is 1.25. The molecule has 0 unspecified atom stereocenters. The smallest absolute Gasteiger partial charge is 0.269 e. The Hall–Kier alpha value is -3.07. The van der Waals surface area contributed by atoms with E-state index in [0.29, 0.717) is 24.6 Å². The van der Waals surface area contributed by atoms with E-state index in [-0.39, 0.29) is 11.6 Å². The van der Waals surface area contributed by atoms with Gasteiger partial charge in [-0.05, 0) is 56.2 Å². The first-order valence-corrected chi connectivity index (χ1v) is 12.5. The lowest BCUT2D eigenvalue weighted by Gasteiger charge is -2.36. The summed E-state index contributed by atoms with van der Waals surface area (Å²) >= 11 is 1.85. The van der Waals surface area contributed by atoms with Gasteiger partial charge in [0.1, 0.15) is 16.5 Å². The highest BCUT2D eigenvalue weighted by Crippen LogP contribution is 2.44. The third-order valence-electron chi connectivity index (χ3n) is 6.95. The second kappa shape index (κ2) is 8.06. The van der Waals surface area contributed by atoms with Crippen molar-refractivity contribution in [1.29, 1.82) is 0 Å². The molecule has 2 aliphatic carbocycles. The number of nitro benzene ring substituents is 1. The summed E-state index contributed by atoms with van der Waals surface area (Å²) < 4.78 is 0. The molecular formula is C24H25N5O3S. The second-order valence-electron chi connectivity index (χ2n) is 9.15. The van der Waals surface area contributed by atoms with Crippen LogP contribution in [0.2, 0.25) is 0 Å². The summed E-state index contributed by atoms with van der Waals surface area (Å²) in [4.78, 5) is 40.2. The number of thiophene rings is 1. The van der Waals surface area contributed by atoms with Gasteiger partial charge in [0.05, 0.1) is 10.3 Å². The lowest BCUT2D eigenvalue weighted by molar-refractivity contribution is -0.384. The van der Waals surface area contributed by atoms with Crippen molar-refractivity contribution in [2.45, 2.75) is 44.4 Å². The summed E-state index contributed by atoms with van der Waals surface area (Å²) in [6.07, 6.45) is 7.07. The van der Waals surface area contributed by atoms with Crippen LogP contribution in [0, 0.1) is 10.1 Å². The molecule has 170 valence electrons. The summed E-state index contributed by atoms with van der Waals surface area (Å²) in [5, 5.41) is 12.1. The van der Waals surface area contributed by atoms with E-state index in [1.54, 1.807) is 12.1 Å². The second-order valence-corrected chi connectivity index (χ2v) is 10.2. The number of nitro groups is 1. The van der Waals surface area contributed by atoms with Gasteiger partial charge in [-0.15, -0.1) is 11.3 Å². The molecule has 1 aromatic carbocycles. The van der Waals surface area contributed by atoms with Crippen LogP contribution in [-0.4, -0.2) is 51.9 Å². The molecule has 2 aromatic heterocycles. The molecule has 0 N–H and O–H groups in total. The molecule has 3 aromatic rings. The lowest BCUT2D eigenvalue weighted by Crippen LogP contribution is -2.49. The third kappa shape index (κ3) is 3.74. The predicted molar refractivity (Wildman–Crippen MR) is 127 cm³/mol. The highest BCUT2D eigenvalue weighted by molar-refractivity contribution is 7.19. The number of rotatable bonds is 4. The first kappa shape index (κ1) is 20.5. The highest BCUT2D eigenvalue weighted by atomic mass is 32.1. The number of anilines is 1. The molecule has 1 aliphatic heterocycles. The summed E-state index contributed by atoms with van der Waals surface area (Å²) in [7, 11) is 0. The zero-order valence-corrected chi connectivity index (χ0v) is 19.1. The Bertz CT molecular complexity index is 1240. The number of carbonyl (C=O) groups excluding carboxylic acids is 1. The molecule has 1 amide bonds. The van der Waals surface area contributed by atoms with Crippen molar-refractivity contribution in [1.82, 2.24) is 14.9 Å². The zero-order chi connectivity index (χ0) is 22.5. The molecule has 6 rings (SSSR count). The maximum absolute atomic E-state index is 13.0. The number of aryl methyl sites for hydroxylation is 2. The van der Waals surface area contributed by atoms with Crippen LogP contribution in [-0.2, 0) is 12.8 Å². The maximum Gasteiger partial charge on any atom is 0.269 e. The van der Waals surface area contributed by atoms with Crippen LogP contribution < -0.4 is 4.90 Å². The van der Waals surface area contributed by atoms with Crippen molar-refractivity contribution in [3.05, 3.63) is 56.2 Å². The van der Waals surface area contributed by atoms with Gasteiger partial charge in [0.15, 0.2) is 0 Å². The minimum Gasteiger partial charge on any atom is -0.352 e. The molecule has 1 saturated carbocycles. The van der Waals surface area contributed by atoms with Gasteiger partial charge in [-0.25, -0.2) is 9.97 Å². The Morgan fingerprint density at radius 1 is 1.03 bits per heavy atom. The molecule has 8 nitrogen and oxygen atoms in total. The van der Waals surface area contributed by atoms with Gasteiger partial charge >= 0.3 is 0 Å². The van der Waals surface area contributed by atoms with Gasteiger partial charge in [-0.2, -0.15) is 0 Å². The van der Waals surface area contributed by atoms with Gasteiger partial charge in [0, 0.05) is 54.7 Å². The number of piperazine rings is 1. The summed E-state index contributed by atoms with van der Waals surface area (Å²) in [6.45, 7) is 2.65. The van der Waals surface area contributed by atoms with Crippen LogP contribution in [0.15, 0.2) is 24.3 Å². The topological polar surface area (TPSA) is 92.5 Å². The highest BCUT2D eigenvalue weighted by Gasteiger charge is 2.32. The van der Waals surface area contributed by atoms with Crippen molar-refractivity contribution in [3.8, 4) is 0 Å². The van der Waals surface area contributed by atoms with Crippen LogP contribution in [0.1, 0.15) is 58.2 Å². The Labute approximate surface area is 195 Å². The molecular weight excluding hydrogens is 438 g/mol. The number of hydrogen-bond donors (Lipinski definition) is 0. The Morgan fingerprint density at radius 3 is 2.45 bits per heavy atom. The largest absolute Gasteiger partial charge is 0.352 e. The molecule has 3 heterocycles. The number of benzene rings is 1. The molecule has 3 aliphatic rings. The lowest BCUT2D eigenvalue weighted by atomic mass is 9.97. The molecule has 0 spiro atoms. The number of hydrogen-bond acceptors (Lipinski definition) is 7. The monoisotopic (exact) mass is 463 g/mol. The van der Waals surface area contributed by atoms with E-state index in [0.717, 1.165) is 42.4 Å². The molecule has 0 radical (unpaired) electrons. The third-order valence-corrected chi connectivity index (χ3v) is 8.13. The number of carbonyl (C=O) groups is 1. The summed E-state index contributed by atoms with van der Waals surface area (Å²) in [6, 6.07) is 5.86. The quantitative estimate of drug-likeness (QED) is 0.423. The summed E-state index contributed by atoms with van der Waals surface area (Å²) in [5.41, 5.74) is 1.93. The van der Waals surface area contributed by atoms with Crippen molar-refractivity contribution >= 4 is 39.0 Å². The van der Waals surface area contributed by atoms with Crippen LogP contribution >= 0.6 is 11.3 Å². The van der Waals surface area contributed by atoms with Crippen molar-refractivity contribution in [2.75, 3.05) is 31.1 Å². The average Bonchev–Trinajstić information content (AvgIpc) is 3.63. The number of non-ortho nitro benzene ring substituents is 1. The fourth-order valence-corrected chi connectivity index (χ4v) is 6.20. The molecule has 33 heavy (non-hydrogen) atoms. The zero-order valence-electron chi connectivity index (χ0n) is 18.3. The van der Waals surface area contributed by atoms with Gasteiger partial charge in [-0.3, -0.25) is 14.9 Å². The number of fused-ring (bicyclic) bond motifs is 3. The molecule has 1 saturated heterocycles. The van der Waals surface area contributed by atoms with Gasteiger partial charge in [0.25, 0.3) is 11.6 Å². The van der Waals surface area contributed by atoms with Gasteiger partial charge in [-0.1, -0.05) is 0 Å². The van der Waals surface area contributed by atoms with E-state index in [1.807, 2.05) is 16.2 Å². The number of nitrogens with zero attached hydrogens (tertiary/aromatic N) is 5. The predicted octanol–water partition coefficient (Wildman–Crippen LogP) is 4.32. The molecule has 0 bridgehead atoms. The Kier molecular flexibility index (Phi) is 5.01. The minimum absolute atomic E-state index is 0.00490. The first-order valence-electron chi connectivity index (χ1n) is 11.7. The van der Waals surface area contributed by atoms with Crippen molar-refractivity contribution < 1.29 is 9.72 Å². The summed E-state index contributed by atoms with van der Waals surface area (Å²) in [5.74, 6) is 2.46. The fraction of sp³-hybridized carbons (Fsp3) is 0.458. The minimum atomic E-state index is -0.450. The number of amides is 1. The van der Waals surface area contributed by atoms with Gasteiger partial charge in [0.2, 0.25) is 0 Å². The standard InChI is InChI=1S/C24H25N5O3S/c30-24(16-7-9-17(10-8-16)29(31)32)28-13-11-27(12-14-28)22-20-18-3-1-2-4-19(18)33-23(20)26-21(25-22)15-5-6-15/h7-10,15H,1-6,11-14H2. The molecule has 9 heteroatoms. The van der Waals surface area contributed by atoms with Crippen molar-refractivity contribution in [2.24, 2.45) is 0 Å².